The van der Waals surface area contributed by atoms with Crippen LogP contribution >= 0.6 is 0 Å². The van der Waals surface area contributed by atoms with E-state index in [2.05, 4.69) is 84.3 Å². The molecule has 0 aromatic heterocycles. The zero-order chi connectivity index (χ0) is 22.1. The van der Waals surface area contributed by atoms with Gasteiger partial charge in [-0.05, 0) is 35.9 Å². The molecular formula is C28H34N2O2. The van der Waals surface area contributed by atoms with E-state index < -0.39 is 5.79 Å². The van der Waals surface area contributed by atoms with Crippen molar-refractivity contribution in [2.45, 2.75) is 32.0 Å². The van der Waals surface area contributed by atoms with Gasteiger partial charge < -0.3 is 14.7 Å². The lowest BCUT2D eigenvalue weighted by Gasteiger charge is -2.53. The van der Waals surface area contributed by atoms with Crippen molar-refractivity contribution in [3.63, 3.8) is 0 Å². The minimum Gasteiger partial charge on any atom is -0.462 e. The summed E-state index contributed by atoms with van der Waals surface area (Å²) >= 11 is 0. The molecular weight excluding hydrogens is 396 g/mol. The molecule has 4 heteroatoms. The molecule has 1 fully saturated rings. The fraction of sp³-hybridized carbons (Fsp3) is 0.429. The summed E-state index contributed by atoms with van der Waals surface area (Å²) in [5.41, 5.74) is 4.94. The predicted molar refractivity (Wildman–Crippen MR) is 129 cm³/mol. The third-order valence-corrected chi connectivity index (χ3v) is 7.44. The van der Waals surface area contributed by atoms with Gasteiger partial charge in [-0.15, -0.1) is 0 Å². The van der Waals surface area contributed by atoms with Crippen LogP contribution in [0.15, 0.2) is 77.6 Å². The number of ether oxygens (including phenoxy) is 1. The van der Waals surface area contributed by atoms with E-state index in [1.165, 1.54) is 22.3 Å². The van der Waals surface area contributed by atoms with E-state index in [4.69, 9.17) is 4.74 Å². The smallest absolute Gasteiger partial charge is 0.214 e. The van der Waals surface area contributed by atoms with Gasteiger partial charge in [0.2, 0.25) is 5.79 Å². The van der Waals surface area contributed by atoms with Crippen molar-refractivity contribution in [2.75, 3.05) is 39.3 Å². The van der Waals surface area contributed by atoms with Crippen LogP contribution in [-0.2, 0) is 4.74 Å². The lowest BCUT2D eigenvalue weighted by atomic mass is 9.70. The number of likely N-dealkylation sites (tertiary alicyclic amines) is 1. The van der Waals surface area contributed by atoms with Gasteiger partial charge in [-0.3, -0.25) is 4.90 Å². The number of benzene rings is 2. The highest BCUT2D eigenvalue weighted by molar-refractivity contribution is 5.61. The Balaban J connectivity index is 1.66. The standard InChI is InChI=1S/C28H34N2O2/c1-3-29-16-15-28(31)25(20-29)26(22-13-9-6-10-14-22)24-19-30(4-2)18-23(27(24)32-28)17-21-11-7-5-8-12-21/h5-14,17,25-26,31H,3-4,15-16,18-20H2,1-2H3/b23-17+/t25-,26+,28-/m1/s1. The molecule has 5 rings (SSSR count). The van der Waals surface area contributed by atoms with Crippen LogP contribution in [0.4, 0.5) is 0 Å². The highest BCUT2D eigenvalue weighted by Crippen LogP contribution is 2.51. The molecule has 3 aliphatic rings. The number of nitrogens with zero attached hydrogens (tertiary/aromatic N) is 2. The van der Waals surface area contributed by atoms with E-state index in [0.29, 0.717) is 6.42 Å². The maximum absolute atomic E-state index is 11.9. The summed E-state index contributed by atoms with van der Waals surface area (Å²) in [6.45, 7) is 9.86. The number of hydrogen-bond acceptors (Lipinski definition) is 4. The number of fused-ring (bicyclic) bond motifs is 1. The van der Waals surface area contributed by atoms with Gasteiger partial charge >= 0.3 is 0 Å². The first-order chi connectivity index (χ1) is 15.6. The molecule has 3 heterocycles. The summed E-state index contributed by atoms with van der Waals surface area (Å²) < 4.78 is 6.62. The second-order valence-electron chi connectivity index (χ2n) is 9.32. The van der Waals surface area contributed by atoms with Crippen molar-refractivity contribution in [3.8, 4) is 0 Å². The second-order valence-corrected chi connectivity index (χ2v) is 9.32. The van der Waals surface area contributed by atoms with Crippen molar-refractivity contribution in [1.29, 1.82) is 0 Å². The topological polar surface area (TPSA) is 35.9 Å². The Morgan fingerprint density at radius 1 is 0.969 bits per heavy atom. The molecule has 1 saturated heterocycles. The van der Waals surface area contributed by atoms with E-state index in [-0.39, 0.29) is 11.8 Å². The average molecular weight is 431 g/mol. The number of hydrogen-bond donors (Lipinski definition) is 1. The molecule has 2 aromatic carbocycles. The van der Waals surface area contributed by atoms with Crippen molar-refractivity contribution in [1.82, 2.24) is 9.80 Å². The zero-order valence-electron chi connectivity index (χ0n) is 19.2. The van der Waals surface area contributed by atoms with E-state index >= 15 is 0 Å². The van der Waals surface area contributed by atoms with E-state index in [0.717, 1.165) is 45.0 Å². The molecule has 2 aromatic rings. The van der Waals surface area contributed by atoms with Gasteiger partial charge in [-0.1, -0.05) is 74.5 Å². The van der Waals surface area contributed by atoms with Crippen LogP contribution in [0.5, 0.6) is 0 Å². The summed E-state index contributed by atoms with van der Waals surface area (Å²) in [5, 5.41) is 11.9. The first kappa shape index (κ1) is 21.4. The fourth-order valence-corrected chi connectivity index (χ4v) is 5.65. The maximum Gasteiger partial charge on any atom is 0.214 e. The van der Waals surface area contributed by atoms with Crippen LogP contribution in [-0.4, -0.2) is 60.0 Å². The molecule has 0 amide bonds. The highest BCUT2D eigenvalue weighted by atomic mass is 16.6. The Kier molecular flexibility index (Phi) is 5.93. The largest absolute Gasteiger partial charge is 0.462 e. The SMILES string of the molecule is CCN1CC2=C(O[C@]3(O)CCN(CC)C[C@@H]3[C@H]2c2ccccc2)/C(=C/c2ccccc2)C1. The molecule has 0 aliphatic carbocycles. The minimum absolute atomic E-state index is 0.0205. The molecule has 168 valence electrons. The van der Waals surface area contributed by atoms with Gasteiger partial charge in [0.1, 0.15) is 5.76 Å². The van der Waals surface area contributed by atoms with Gasteiger partial charge in [0.25, 0.3) is 0 Å². The van der Waals surface area contributed by atoms with Gasteiger partial charge in [0.05, 0.1) is 0 Å². The van der Waals surface area contributed by atoms with Crippen LogP contribution in [0.2, 0.25) is 0 Å². The Morgan fingerprint density at radius 3 is 2.34 bits per heavy atom. The van der Waals surface area contributed by atoms with Gasteiger partial charge in [-0.2, -0.15) is 0 Å². The number of likely N-dealkylation sites (N-methyl/N-ethyl adjacent to an activating group) is 1. The van der Waals surface area contributed by atoms with Crippen molar-refractivity contribution in [2.24, 2.45) is 5.92 Å². The Labute approximate surface area is 191 Å². The normalized spacial score (nSPS) is 30.0. The molecule has 0 bridgehead atoms. The van der Waals surface area contributed by atoms with Crippen LogP contribution in [0.25, 0.3) is 6.08 Å². The Bertz CT molecular complexity index is 1000. The molecule has 3 atom stereocenters. The predicted octanol–water partition coefficient (Wildman–Crippen LogP) is 4.50. The van der Waals surface area contributed by atoms with Crippen molar-refractivity contribution >= 4 is 6.08 Å². The fourth-order valence-electron chi connectivity index (χ4n) is 5.65. The van der Waals surface area contributed by atoms with Crippen LogP contribution in [0, 0.1) is 5.92 Å². The summed E-state index contributed by atoms with van der Waals surface area (Å²) in [6, 6.07) is 21.2. The van der Waals surface area contributed by atoms with Gasteiger partial charge in [0, 0.05) is 50.0 Å². The second kappa shape index (κ2) is 8.86. The number of piperidine rings is 1. The zero-order valence-corrected chi connectivity index (χ0v) is 19.2. The third-order valence-electron chi connectivity index (χ3n) is 7.44. The first-order valence-electron chi connectivity index (χ1n) is 12.0. The number of rotatable bonds is 4. The Hall–Kier alpha value is -2.40. The molecule has 1 N–H and O–H groups in total. The van der Waals surface area contributed by atoms with E-state index in [1.54, 1.807) is 0 Å². The van der Waals surface area contributed by atoms with E-state index in [1.807, 2.05) is 6.07 Å². The summed E-state index contributed by atoms with van der Waals surface area (Å²) in [5.74, 6) is -0.0362. The summed E-state index contributed by atoms with van der Waals surface area (Å²) in [7, 11) is 0. The van der Waals surface area contributed by atoms with Crippen molar-refractivity contribution in [3.05, 3.63) is 88.7 Å². The molecule has 0 radical (unpaired) electrons. The minimum atomic E-state index is -1.13. The highest BCUT2D eigenvalue weighted by Gasteiger charge is 2.53. The van der Waals surface area contributed by atoms with Gasteiger partial charge in [-0.25, -0.2) is 0 Å². The quantitative estimate of drug-likeness (QED) is 0.775. The molecule has 32 heavy (non-hydrogen) atoms. The van der Waals surface area contributed by atoms with Crippen LogP contribution in [0.1, 0.15) is 37.3 Å². The summed E-state index contributed by atoms with van der Waals surface area (Å²) in [4.78, 5) is 4.93. The van der Waals surface area contributed by atoms with Crippen LogP contribution in [0.3, 0.4) is 0 Å². The average Bonchev–Trinajstić information content (AvgIpc) is 2.83. The van der Waals surface area contributed by atoms with Crippen molar-refractivity contribution < 1.29 is 9.84 Å². The van der Waals surface area contributed by atoms with Gasteiger partial charge in [0.15, 0.2) is 0 Å². The molecule has 0 spiro atoms. The molecule has 3 aliphatic heterocycles. The third kappa shape index (κ3) is 3.92. The lowest BCUT2D eigenvalue weighted by molar-refractivity contribution is -0.249. The van der Waals surface area contributed by atoms with E-state index in [9.17, 15) is 5.11 Å². The number of aliphatic hydroxyl groups is 1. The molecule has 0 unspecified atom stereocenters. The molecule has 4 nitrogen and oxygen atoms in total. The first-order valence-corrected chi connectivity index (χ1v) is 12.0. The summed E-state index contributed by atoms with van der Waals surface area (Å²) in [6.07, 6.45) is 2.88. The lowest BCUT2D eigenvalue weighted by Crippen LogP contribution is -2.58. The van der Waals surface area contributed by atoms with Crippen LogP contribution < -0.4 is 0 Å². The maximum atomic E-state index is 11.9. The monoisotopic (exact) mass is 430 g/mol. The molecule has 0 saturated carbocycles. The Morgan fingerprint density at radius 2 is 1.66 bits per heavy atom.